The van der Waals surface area contributed by atoms with Crippen molar-refractivity contribution in [3.63, 3.8) is 0 Å². The standard InChI is InChI=1S/C20H22BrNO2/c1-4-22-19-10-7-15(21)12-17(19)18(20(22)23)11-14-5-8-16(9-6-14)24-13(2)3/h5-10,12-13,18H,4,11H2,1-3H3/t18-/m1/s1. The van der Waals surface area contributed by atoms with E-state index in [4.69, 9.17) is 4.74 Å². The fraction of sp³-hybridized carbons (Fsp3) is 0.350. The van der Waals surface area contributed by atoms with Crippen molar-refractivity contribution >= 4 is 27.5 Å². The minimum absolute atomic E-state index is 0.116. The highest BCUT2D eigenvalue weighted by Gasteiger charge is 2.36. The second-order valence-electron chi connectivity index (χ2n) is 6.35. The summed E-state index contributed by atoms with van der Waals surface area (Å²) in [4.78, 5) is 14.7. The Morgan fingerprint density at radius 1 is 1.17 bits per heavy atom. The van der Waals surface area contributed by atoms with Gasteiger partial charge in [0, 0.05) is 16.7 Å². The maximum absolute atomic E-state index is 12.8. The van der Waals surface area contributed by atoms with Crippen LogP contribution >= 0.6 is 15.9 Å². The van der Waals surface area contributed by atoms with E-state index in [9.17, 15) is 4.79 Å². The van der Waals surface area contributed by atoms with Gasteiger partial charge in [-0.15, -0.1) is 0 Å². The lowest BCUT2D eigenvalue weighted by molar-refractivity contribution is -0.119. The minimum Gasteiger partial charge on any atom is -0.491 e. The topological polar surface area (TPSA) is 29.5 Å². The third kappa shape index (κ3) is 3.34. The highest BCUT2D eigenvalue weighted by atomic mass is 79.9. The number of hydrogen-bond donors (Lipinski definition) is 0. The molecule has 2 aromatic carbocycles. The van der Waals surface area contributed by atoms with Crippen LogP contribution in [0.3, 0.4) is 0 Å². The van der Waals surface area contributed by atoms with E-state index in [2.05, 4.69) is 34.1 Å². The van der Waals surface area contributed by atoms with E-state index in [1.165, 1.54) is 0 Å². The first kappa shape index (κ1) is 17.0. The van der Waals surface area contributed by atoms with E-state index in [0.717, 1.165) is 27.0 Å². The number of ether oxygens (including phenoxy) is 1. The molecule has 1 aliphatic heterocycles. The van der Waals surface area contributed by atoms with Gasteiger partial charge in [0.15, 0.2) is 0 Å². The first-order valence-electron chi connectivity index (χ1n) is 8.36. The van der Waals surface area contributed by atoms with Gasteiger partial charge in [-0.2, -0.15) is 0 Å². The Hall–Kier alpha value is -1.81. The largest absolute Gasteiger partial charge is 0.491 e. The Balaban J connectivity index is 1.85. The van der Waals surface area contributed by atoms with Crippen molar-refractivity contribution in [3.05, 3.63) is 58.1 Å². The van der Waals surface area contributed by atoms with E-state index in [0.29, 0.717) is 13.0 Å². The molecule has 2 aromatic rings. The van der Waals surface area contributed by atoms with Crippen LogP contribution in [0.1, 0.15) is 37.8 Å². The average molecular weight is 388 g/mol. The summed E-state index contributed by atoms with van der Waals surface area (Å²) in [7, 11) is 0. The number of nitrogens with zero attached hydrogens (tertiary/aromatic N) is 1. The molecule has 24 heavy (non-hydrogen) atoms. The normalized spacial score (nSPS) is 16.6. The summed E-state index contributed by atoms with van der Waals surface area (Å²) >= 11 is 3.53. The quantitative estimate of drug-likeness (QED) is 0.727. The highest BCUT2D eigenvalue weighted by Crippen LogP contribution is 2.40. The number of hydrogen-bond acceptors (Lipinski definition) is 2. The Labute approximate surface area is 151 Å². The van der Waals surface area contributed by atoms with Crippen LogP contribution in [0, 0.1) is 0 Å². The zero-order valence-electron chi connectivity index (χ0n) is 14.3. The molecule has 0 fully saturated rings. The number of carbonyl (C=O) groups excluding carboxylic acids is 1. The maximum atomic E-state index is 12.8. The molecule has 0 radical (unpaired) electrons. The van der Waals surface area contributed by atoms with Crippen LogP contribution < -0.4 is 9.64 Å². The maximum Gasteiger partial charge on any atom is 0.234 e. The molecule has 1 amide bonds. The first-order valence-corrected chi connectivity index (χ1v) is 9.15. The van der Waals surface area contributed by atoms with Gasteiger partial charge in [0.1, 0.15) is 5.75 Å². The summed E-state index contributed by atoms with van der Waals surface area (Å²) < 4.78 is 6.70. The number of anilines is 1. The van der Waals surface area contributed by atoms with Crippen LogP contribution in [0.25, 0.3) is 0 Å². The summed E-state index contributed by atoms with van der Waals surface area (Å²) in [6.45, 7) is 6.74. The van der Waals surface area contributed by atoms with Gasteiger partial charge in [0.2, 0.25) is 5.91 Å². The van der Waals surface area contributed by atoms with E-state index in [1.807, 2.05) is 49.9 Å². The van der Waals surface area contributed by atoms with Crippen molar-refractivity contribution in [1.29, 1.82) is 0 Å². The Morgan fingerprint density at radius 2 is 1.88 bits per heavy atom. The van der Waals surface area contributed by atoms with Gasteiger partial charge in [-0.1, -0.05) is 28.1 Å². The summed E-state index contributed by atoms with van der Waals surface area (Å²) in [6.07, 6.45) is 0.871. The SMILES string of the molecule is CCN1C(=O)[C@H](Cc2ccc(OC(C)C)cc2)c2cc(Br)ccc21. The highest BCUT2D eigenvalue weighted by molar-refractivity contribution is 9.10. The summed E-state index contributed by atoms with van der Waals surface area (Å²) in [5.41, 5.74) is 3.29. The van der Waals surface area contributed by atoms with Crippen LogP contribution in [0.15, 0.2) is 46.9 Å². The lowest BCUT2D eigenvalue weighted by Gasteiger charge is -2.15. The lowest BCUT2D eigenvalue weighted by atomic mass is 9.93. The predicted molar refractivity (Wildman–Crippen MR) is 101 cm³/mol. The van der Waals surface area contributed by atoms with Gasteiger partial charge in [-0.25, -0.2) is 0 Å². The lowest BCUT2D eigenvalue weighted by Crippen LogP contribution is -2.29. The molecule has 1 heterocycles. The molecule has 3 nitrogen and oxygen atoms in total. The molecule has 0 spiro atoms. The van der Waals surface area contributed by atoms with Crippen molar-refractivity contribution in [1.82, 2.24) is 0 Å². The van der Waals surface area contributed by atoms with E-state index in [-0.39, 0.29) is 17.9 Å². The predicted octanol–water partition coefficient (Wildman–Crippen LogP) is 4.93. The van der Waals surface area contributed by atoms with Crippen molar-refractivity contribution < 1.29 is 9.53 Å². The van der Waals surface area contributed by atoms with Gasteiger partial charge in [-0.05, 0) is 68.7 Å². The fourth-order valence-electron chi connectivity index (χ4n) is 3.23. The molecule has 126 valence electrons. The van der Waals surface area contributed by atoms with E-state index >= 15 is 0 Å². The molecule has 0 saturated heterocycles. The molecule has 0 saturated carbocycles. The van der Waals surface area contributed by atoms with Crippen LogP contribution in [-0.4, -0.2) is 18.6 Å². The van der Waals surface area contributed by atoms with Crippen LogP contribution in [0.5, 0.6) is 5.75 Å². The third-order valence-electron chi connectivity index (χ3n) is 4.27. The Bertz CT molecular complexity index is 740. The van der Waals surface area contributed by atoms with Gasteiger partial charge >= 0.3 is 0 Å². The van der Waals surface area contributed by atoms with Crippen LogP contribution in [-0.2, 0) is 11.2 Å². The second kappa shape index (κ2) is 6.98. The Morgan fingerprint density at radius 3 is 2.50 bits per heavy atom. The van der Waals surface area contributed by atoms with Crippen LogP contribution in [0.2, 0.25) is 0 Å². The number of amides is 1. The van der Waals surface area contributed by atoms with Gasteiger partial charge in [-0.3, -0.25) is 4.79 Å². The van der Waals surface area contributed by atoms with E-state index in [1.54, 1.807) is 0 Å². The van der Waals surface area contributed by atoms with Gasteiger partial charge in [0.25, 0.3) is 0 Å². The average Bonchev–Trinajstić information content (AvgIpc) is 2.80. The Kier molecular flexibility index (Phi) is 4.95. The van der Waals surface area contributed by atoms with Crippen LogP contribution in [0.4, 0.5) is 5.69 Å². The van der Waals surface area contributed by atoms with E-state index < -0.39 is 0 Å². The molecular formula is C20H22BrNO2. The van der Waals surface area contributed by atoms with Crippen molar-refractivity contribution in [2.24, 2.45) is 0 Å². The molecule has 1 atom stereocenters. The molecule has 0 N–H and O–H groups in total. The third-order valence-corrected chi connectivity index (χ3v) is 4.76. The molecule has 0 aromatic heterocycles. The molecule has 0 bridgehead atoms. The number of halogens is 1. The first-order chi connectivity index (χ1) is 11.5. The summed E-state index contributed by atoms with van der Waals surface area (Å²) in [5, 5.41) is 0. The number of carbonyl (C=O) groups is 1. The molecule has 3 rings (SSSR count). The summed E-state index contributed by atoms with van der Waals surface area (Å²) in [5.74, 6) is 0.937. The zero-order chi connectivity index (χ0) is 17.3. The molecule has 4 heteroatoms. The fourth-order valence-corrected chi connectivity index (χ4v) is 3.60. The second-order valence-corrected chi connectivity index (χ2v) is 7.27. The minimum atomic E-state index is -0.116. The number of benzene rings is 2. The number of fused-ring (bicyclic) bond motifs is 1. The summed E-state index contributed by atoms with van der Waals surface area (Å²) in [6, 6.07) is 14.2. The molecule has 0 unspecified atom stereocenters. The monoisotopic (exact) mass is 387 g/mol. The number of likely N-dealkylation sites (N-methyl/N-ethyl adjacent to an activating group) is 1. The zero-order valence-corrected chi connectivity index (χ0v) is 15.8. The number of rotatable bonds is 5. The molecular weight excluding hydrogens is 366 g/mol. The van der Waals surface area contributed by atoms with Gasteiger partial charge < -0.3 is 9.64 Å². The molecule has 0 aliphatic carbocycles. The van der Waals surface area contributed by atoms with Crippen molar-refractivity contribution in [2.75, 3.05) is 11.4 Å². The van der Waals surface area contributed by atoms with Crippen molar-refractivity contribution in [3.8, 4) is 5.75 Å². The smallest absolute Gasteiger partial charge is 0.234 e. The molecule has 1 aliphatic rings. The van der Waals surface area contributed by atoms with Crippen molar-refractivity contribution in [2.45, 2.75) is 39.2 Å². The van der Waals surface area contributed by atoms with Gasteiger partial charge in [0.05, 0.1) is 12.0 Å².